The SMILES string of the molecule is CC[C@H](C)Oc1c(Br)cc(Cl)cc1C=Nn1c([C@@H](C)CC)nc2ccc(Br)cc2c1=O. The summed E-state index contributed by atoms with van der Waals surface area (Å²) in [5.74, 6) is 1.31. The summed E-state index contributed by atoms with van der Waals surface area (Å²) >= 11 is 13.2. The molecule has 0 N–H and O–H groups in total. The Labute approximate surface area is 203 Å². The lowest BCUT2D eigenvalue weighted by Gasteiger charge is -2.17. The fraction of sp³-hybridized carbons (Fsp3) is 0.348. The van der Waals surface area contributed by atoms with Crippen LogP contribution in [0.3, 0.4) is 0 Å². The lowest BCUT2D eigenvalue weighted by atomic mass is 10.1. The van der Waals surface area contributed by atoms with E-state index in [9.17, 15) is 4.79 Å². The molecule has 0 saturated carbocycles. The molecule has 164 valence electrons. The van der Waals surface area contributed by atoms with E-state index in [4.69, 9.17) is 21.3 Å². The van der Waals surface area contributed by atoms with Crippen LogP contribution in [0, 0.1) is 0 Å². The van der Waals surface area contributed by atoms with Crippen molar-refractivity contribution in [2.24, 2.45) is 5.10 Å². The first-order chi connectivity index (χ1) is 14.7. The second kappa shape index (κ2) is 10.3. The van der Waals surface area contributed by atoms with Crippen LogP contribution in [0.5, 0.6) is 5.75 Å². The number of fused-ring (bicyclic) bond motifs is 1. The number of hydrogen-bond donors (Lipinski definition) is 0. The molecular formula is C23H24Br2ClN3O2. The molecule has 0 aliphatic carbocycles. The minimum atomic E-state index is -0.219. The van der Waals surface area contributed by atoms with Crippen LogP contribution in [0.1, 0.15) is 57.8 Å². The Balaban J connectivity index is 2.19. The molecule has 31 heavy (non-hydrogen) atoms. The van der Waals surface area contributed by atoms with Crippen LogP contribution in [0.15, 0.2) is 49.2 Å². The van der Waals surface area contributed by atoms with Crippen molar-refractivity contribution in [2.75, 3.05) is 0 Å². The Morgan fingerprint density at radius 1 is 1.19 bits per heavy atom. The molecule has 3 rings (SSSR count). The summed E-state index contributed by atoms with van der Waals surface area (Å²) in [5.41, 5.74) is 1.11. The molecule has 0 bridgehead atoms. The molecule has 1 aromatic heterocycles. The van der Waals surface area contributed by atoms with Gasteiger partial charge in [0.25, 0.3) is 5.56 Å². The van der Waals surface area contributed by atoms with Gasteiger partial charge in [-0.1, -0.05) is 48.3 Å². The van der Waals surface area contributed by atoms with E-state index in [1.54, 1.807) is 24.4 Å². The largest absolute Gasteiger partial charge is 0.489 e. The van der Waals surface area contributed by atoms with Gasteiger partial charge < -0.3 is 4.74 Å². The zero-order chi connectivity index (χ0) is 22.7. The standard InChI is InChI=1S/C23H24Br2ClN3O2/c1-5-13(3)22-28-20-8-7-16(24)10-18(20)23(30)29(22)27-12-15-9-17(26)11-19(25)21(15)31-14(4)6-2/h7-14H,5-6H2,1-4H3/t13-,14-/m0/s1. The van der Waals surface area contributed by atoms with Crippen LogP contribution < -0.4 is 10.3 Å². The summed E-state index contributed by atoms with van der Waals surface area (Å²) in [6, 6.07) is 9.04. The molecule has 3 aromatic rings. The highest BCUT2D eigenvalue weighted by atomic mass is 79.9. The Morgan fingerprint density at radius 3 is 2.61 bits per heavy atom. The van der Waals surface area contributed by atoms with E-state index >= 15 is 0 Å². The minimum Gasteiger partial charge on any atom is -0.489 e. The van der Waals surface area contributed by atoms with Crippen LogP contribution in [-0.2, 0) is 0 Å². The van der Waals surface area contributed by atoms with Crippen molar-refractivity contribution in [3.63, 3.8) is 0 Å². The molecule has 2 aromatic carbocycles. The molecule has 0 radical (unpaired) electrons. The second-order valence-corrected chi connectivity index (χ2v) is 9.65. The van der Waals surface area contributed by atoms with Crippen LogP contribution in [0.2, 0.25) is 5.02 Å². The summed E-state index contributed by atoms with van der Waals surface area (Å²) in [4.78, 5) is 18.0. The van der Waals surface area contributed by atoms with Gasteiger partial charge in [-0.25, -0.2) is 4.98 Å². The third kappa shape index (κ3) is 5.38. The zero-order valence-electron chi connectivity index (χ0n) is 17.8. The van der Waals surface area contributed by atoms with Gasteiger partial charge in [0.2, 0.25) is 0 Å². The normalized spacial score (nSPS) is 13.6. The summed E-state index contributed by atoms with van der Waals surface area (Å²) in [6.07, 6.45) is 3.30. The van der Waals surface area contributed by atoms with E-state index in [0.29, 0.717) is 33.1 Å². The quantitative estimate of drug-likeness (QED) is 0.284. The third-order valence-corrected chi connectivity index (χ3v) is 6.43. The van der Waals surface area contributed by atoms with E-state index in [1.807, 2.05) is 26.0 Å². The van der Waals surface area contributed by atoms with Gasteiger partial charge in [0, 0.05) is 21.0 Å². The molecule has 0 fully saturated rings. The van der Waals surface area contributed by atoms with Gasteiger partial charge in [-0.2, -0.15) is 9.78 Å². The van der Waals surface area contributed by atoms with E-state index in [2.05, 4.69) is 50.8 Å². The van der Waals surface area contributed by atoms with Crippen molar-refractivity contribution in [3.8, 4) is 5.75 Å². The molecule has 1 heterocycles. The number of rotatable bonds is 7. The van der Waals surface area contributed by atoms with Gasteiger partial charge in [-0.15, -0.1) is 0 Å². The van der Waals surface area contributed by atoms with E-state index in [-0.39, 0.29) is 17.6 Å². The Bertz CT molecular complexity index is 1190. The van der Waals surface area contributed by atoms with Crippen LogP contribution in [0.25, 0.3) is 10.9 Å². The summed E-state index contributed by atoms with van der Waals surface area (Å²) in [6.45, 7) is 8.15. The van der Waals surface area contributed by atoms with Crippen molar-refractivity contribution in [3.05, 3.63) is 66.0 Å². The first-order valence-electron chi connectivity index (χ1n) is 10.2. The highest BCUT2D eigenvalue weighted by Crippen LogP contribution is 2.33. The van der Waals surface area contributed by atoms with Crippen LogP contribution in [0.4, 0.5) is 0 Å². The topological polar surface area (TPSA) is 56.5 Å². The number of hydrogen-bond acceptors (Lipinski definition) is 4. The van der Waals surface area contributed by atoms with E-state index in [0.717, 1.165) is 21.8 Å². The molecule has 0 aliphatic rings. The number of halogens is 3. The number of aromatic nitrogens is 2. The van der Waals surface area contributed by atoms with Crippen molar-refractivity contribution in [2.45, 2.75) is 52.6 Å². The highest BCUT2D eigenvalue weighted by Gasteiger charge is 2.17. The van der Waals surface area contributed by atoms with Gasteiger partial charge in [-0.3, -0.25) is 4.79 Å². The molecule has 5 nitrogen and oxygen atoms in total. The maximum atomic E-state index is 13.3. The number of nitrogens with zero attached hydrogens (tertiary/aromatic N) is 3. The fourth-order valence-electron chi connectivity index (χ4n) is 2.98. The Hall–Kier alpha value is -1.70. The smallest absolute Gasteiger partial charge is 0.282 e. The molecule has 0 unspecified atom stereocenters. The van der Waals surface area contributed by atoms with Crippen molar-refractivity contribution in [1.82, 2.24) is 9.66 Å². The first-order valence-corrected chi connectivity index (χ1v) is 12.1. The van der Waals surface area contributed by atoms with Crippen LogP contribution in [-0.4, -0.2) is 22.0 Å². The molecule has 8 heteroatoms. The van der Waals surface area contributed by atoms with Crippen molar-refractivity contribution >= 4 is 60.6 Å². The third-order valence-electron chi connectivity index (χ3n) is 5.13. The van der Waals surface area contributed by atoms with Crippen molar-refractivity contribution < 1.29 is 4.74 Å². The molecule has 0 saturated heterocycles. The Morgan fingerprint density at radius 2 is 1.94 bits per heavy atom. The number of benzene rings is 2. The van der Waals surface area contributed by atoms with Crippen molar-refractivity contribution in [1.29, 1.82) is 0 Å². The Kier molecular flexibility index (Phi) is 7.94. The lowest BCUT2D eigenvalue weighted by molar-refractivity contribution is 0.215. The second-order valence-electron chi connectivity index (χ2n) is 7.44. The van der Waals surface area contributed by atoms with Gasteiger partial charge in [0.15, 0.2) is 0 Å². The average molecular weight is 570 g/mol. The minimum absolute atomic E-state index is 0.0164. The van der Waals surface area contributed by atoms with Gasteiger partial charge in [0.1, 0.15) is 11.6 Å². The maximum Gasteiger partial charge on any atom is 0.282 e. The highest BCUT2D eigenvalue weighted by molar-refractivity contribution is 9.10. The first kappa shape index (κ1) is 24.0. The van der Waals surface area contributed by atoms with Gasteiger partial charge in [0.05, 0.1) is 27.7 Å². The lowest BCUT2D eigenvalue weighted by Crippen LogP contribution is -2.23. The monoisotopic (exact) mass is 567 g/mol. The maximum absolute atomic E-state index is 13.3. The average Bonchev–Trinajstić information content (AvgIpc) is 2.74. The summed E-state index contributed by atoms with van der Waals surface area (Å²) in [5, 5.41) is 5.59. The molecule has 0 amide bonds. The molecular weight excluding hydrogens is 546 g/mol. The summed E-state index contributed by atoms with van der Waals surface area (Å²) < 4.78 is 9.00. The number of ether oxygens (including phenoxy) is 1. The van der Waals surface area contributed by atoms with Gasteiger partial charge >= 0.3 is 0 Å². The summed E-state index contributed by atoms with van der Waals surface area (Å²) in [7, 11) is 0. The van der Waals surface area contributed by atoms with E-state index < -0.39 is 0 Å². The zero-order valence-corrected chi connectivity index (χ0v) is 21.8. The van der Waals surface area contributed by atoms with Crippen LogP contribution >= 0.6 is 43.5 Å². The van der Waals surface area contributed by atoms with Gasteiger partial charge in [-0.05, 0) is 66.0 Å². The predicted molar refractivity (Wildman–Crippen MR) is 135 cm³/mol. The molecule has 2 atom stereocenters. The van der Waals surface area contributed by atoms with E-state index in [1.165, 1.54) is 4.68 Å². The molecule has 0 aliphatic heterocycles. The molecule has 0 spiro atoms. The fourth-order valence-corrected chi connectivity index (χ4v) is 4.27. The predicted octanol–water partition coefficient (Wildman–Crippen LogP) is 7.15.